The highest BCUT2D eigenvalue weighted by molar-refractivity contribution is 5.56. The minimum atomic E-state index is -3.59. The van der Waals surface area contributed by atoms with Crippen molar-refractivity contribution in [3.8, 4) is 11.5 Å². The lowest BCUT2D eigenvalue weighted by Crippen LogP contribution is -2.29. The van der Waals surface area contributed by atoms with Crippen LogP contribution in [0.5, 0.6) is 11.5 Å². The molecule has 19 heavy (non-hydrogen) atoms. The van der Waals surface area contributed by atoms with Crippen LogP contribution in [-0.4, -0.2) is 24.6 Å². The van der Waals surface area contributed by atoms with Crippen LogP contribution >= 0.6 is 0 Å². The third kappa shape index (κ3) is 3.07. The van der Waals surface area contributed by atoms with Gasteiger partial charge >= 0.3 is 6.29 Å². The van der Waals surface area contributed by atoms with E-state index in [1.165, 1.54) is 12.1 Å². The highest BCUT2D eigenvalue weighted by Gasteiger charge is 2.43. The SMILES string of the molecule is CCC(C)(CO)CNc1ccc2c(c1)OC(F)(F)O2. The van der Waals surface area contributed by atoms with E-state index >= 15 is 0 Å². The Morgan fingerprint density at radius 1 is 1.32 bits per heavy atom. The predicted octanol–water partition coefficient (Wildman–Crippen LogP) is 2.83. The Morgan fingerprint density at radius 3 is 2.63 bits per heavy atom. The van der Waals surface area contributed by atoms with Gasteiger partial charge in [-0.05, 0) is 18.6 Å². The molecule has 0 aliphatic carbocycles. The zero-order chi connectivity index (χ0) is 14.1. The first-order valence-corrected chi connectivity index (χ1v) is 6.12. The first kappa shape index (κ1) is 13.9. The zero-order valence-electron chi connectivity index (χ0n) is 10.9. The average molecular weight is 273 g/mol. The first-order chi connectivity index (χ1) is 8.87. The molecule has 0 spiro atoms. The van der Waals surface area contributed by atoms with Gasteiger partial charge in [-0.2, -0.15) is 0 Å². The van der Waals surface area contributed by atoms with Crippen LogP contribution in [0.1, 0.15) is 20.3 Å². The van der Waals surface area contributed by atoms with E-state index in [4.69, 9.17) is 0 Å². The van der Waals surface area contributed by atoms with E-state index in [1.807, 2.05) is 13.8 Å². The predicted molar refractivity (Wildman–Crippen MR) is 66.6 cm³/mol. The molecule has 1 aliphatic heterocycles. The standard InChI is InChI=1S/C13H17F2NO3/c1-3-12(2,8-17)7-16-9-4-5-10-11(6-9)19-13(14,15)18-10/h4-6,16-17H,3,7-8H2,1-2H3. The van der Waals surface area contributed by atoms with E-state index in [2.05, 4.69) is 14.8 Å². The Hall–Kier alpha value is -1.56. The van der Waals surface area contributed by atoms with E-state index in [-0.39, 0.29) is 23.5 Å². The molecule has 0 fully saturated rings. The number of anilines is 1. The number of ether oxygens (including phenoxy) is 2. The van der Waals surface area contributed by atoms with Gasteiger partial charge in [0.05, 0.1) is 6.61 Å². The molecule has 2 rings (SSSR count). The average Bonchev–Trinajstić information content (AvgIpc) is 2.69. The fourth-order valence-corrected chi connectivity index (χ4v) is 1.67. The molecular weight excluding hydrogens is 256 g/mol. The second-order valence-corrected chi connectivity index (χ2v) is 5.00. The van der Waals surface area contributed by atoms with Crippen LogP contribution < -0.4 is 14.8 Å². The molecule has 0 saturated carbocycles. The molecule has 2 N–H and O–H groups in total. The van der Waals surface area contributed by atoms with Crippen molar-refractivity contribution < 1.29 is 23.4 Å². The summed E-state index contributed by atoms with van der Waals surface area (Å²) in [7, 11) is 0. The van der Waals surface area contributed by atoms with Crippen LogP contribution in [0.4, 0.5) is 14.5 Å². The molecule has 4 nitrogen and oxygen atoms in total. The normalized spacial score (nSPS) is 19.0. The van der Waals surface area contributed by atoms with E-state index in [1.54, 1.807) is 6.07 Å². The molecule has 0 amide bonds. The van der Waals surface area contributed by atoms with E-state index in [0.717, 1.165) is 6.42 Å². The van der Waals surface area contributed by atoms with E-state index in [0.29, 0.717) is 12.2 Å². The second kappa shape index (κ2) is 4.85. The molecule has 1 aromatic rings. The first-order valence-electron chi connectivity index (χ1n) is 6.12. The van der Waals surface area contributed by atoms with Gasteiger partial charge in [-0.1, -0.05) is 13.8 Å². The number of nitrogens with one attached hydrogen (secondary N) is 1. The van der Waals surface area contributed by atoms with Crippen molar-refractivity contribution >= 4 is 5.69 Å². The Bertz CT molecular complexity index is 461. The molecule has 1 heterocycles. The fraction of sp³-hybridized carbons (Fsp3) is 0.538. The maximum Gasteiger partial charge on any atom is 0.586 e. The lowest BCUT2D eigenvalue weighted by atomic mass is 9.88. The highest BCUT2D eigenvalue weighted by Crippen LogP contribution is 2.42. The summed E-state index contributed by atoms with van der Waals surface area (Å²) < 4.78 is 34.4. The van der Waals surface area contributed by atoms with Crippen LogP contribution in [0.3, 0.4) is 0 Å². The van der Waals surface area contributed by atoms with Gasteiger partial charge in [0, 0.05) is 23.7 Å². The number of benzene rings is 1. The summed E-state index contributed by atoms with van der Waals surface area (Å²) in [5.41, 5.74) is 0.397. The summed E-state index contributed by atoms with van der Waals surface area (Å²) >= 11 is 0. The summed E-state index contributed by atoms with van der Waals surface area (Å²) in [4.78, 5) is 0. The fourth-order valence-electron chi connectivity index (χ4n) is 1.67. The van der Waals surface area contributed by atoms with Gasteiger partial charge in [-0.15, -0.1) is 8.78 Å². The third-order valence-corrected chi connectivity index (χ3v) is 3.36. The smallest absolute Gasteiger partial charge is 0.396 e. The molecular formula is C13H17F2NO3. The largest absolute Gasteiger partial charge is 0.586 e. The molecule has 1 aromatic carbocycles. The van der Waals surface area contributed by atoms with Crippen LogP contribution in [0, 0.1) is 5.41 Å². The molecule has 1 unspecified atom stereocenters. The minimum absolute atomic E-state index is 0.0113. The van der Waals surface area contributed by atoms with Crippen molar-refractivity contribution in [3.63, 3.8) is 0 Å². The summed E-state index contributed by atoms with van der Waals surface area (Å²) in [6, 6.07) is 4.53. The topological polar surface area (TPSA) is 50.7 Å². The Kier molecular flexibility index (Phi) is 3.54. The van der Waals surface area contributed by atoms with Crippen molar-refractivity contribution in [1.82, 2.24) is 0 Å². The number of alkyl halides is 2. The Balaban J connectivity index is 2.05. The molecule has 0 saturated heterocycles. The van der Waals surface area contributed by atoms with Gasteiger partial charge in [0.25, 0.3) is 0 Å². The van der Waals surface area contributed by atoms with Gasteiger partial charge in [0.15, 0.2) is 11.5 Å². The molecule has 0 bridgehead atoms. The minimum Gasteiger partial charge on any atom is -0.396 e. The second-order valence-electron chi connectivity index (χ2n) is 5.00. The number of aliphatic hydroxyl groups excluding tert-OH is 1. The molecule has 6 heteroatoms. The summed E-state index contributed by atoms with van der Waals surface area (Å²) in [5.74, 6) is 0.0353. The number of aliphatic hydroxyl groups is 1. The number of fused-ring (bicyclic) bond motifs is 1. The summed E-state index contributed by atoms with van der Waals surface area (Å²) in [6.07, 6.45) is -2.79. The zero-order valence-corrected chi connectivity index (χ0v) is 10.9. The number of halogens is 2. The van der Waals surface area contributed by atoms with Crippen LogP contribution in [-0.2, 0) is 0 Å². The summed E-state index contributed by atoms with van der Waals surface area (Å²) in [6.45, 7) is 4.52. The van der Waals surface area contributed by atoms with Gasteiger partial charge in [0.2, 0.25) is 0 Å². The van der Waals surface area contributed by atoms with Crippen molar-refractivity contribution in [3.05, 3.63) is 18.2 Å². The van der Waals surface area contributed by atoms with Crippen LogP contribution in [0.2, 0.25) is 0 Å². The number of hydrogen-bond donors (Lipinski definition) is 2. The van der Waals surface area contributed by atoms with Crippen molar-refractivity contribution in [1.29, 1.82) is 0 Å². The number of rotatable bonds is 5. The molecule has 1 aliphatic rings. The maximum absolute atomic E-state index is 12.9. The van der Waals surface area contributed by atoms with Gasteiger partial charge in [-0.3, -0.25) is 0 Å². The van der Waals surface area contributed by atoms with Gasteiger partial charge in [-0.25, -0.2) is 0 Å². The highest BCUT2D eigenvalue weighted by atomic mass is 19.3. The van der Waals surface area contributed by atoms with Crippen LogP contribution in [0.15, 0.2) is 18.2 Å². The molecule has 0 aromatic heterocycles. The number of hydrogen-bond acceptors (Lipinski definition) is 4. The maximum atomic E-state index is 12.9. The lowest BCUT2D eigenvalue weighted by Gasteiger charge is -2.26. The van der Waals surface area contributed by atoms with Crippen molar-refractivity contribution in [2.75, 3.05) is 18.5 Å². The Morgan fingerprint density at radius 2 is 2.00 bits per heavy atom. The van der Waals surface area contributed by atoms with E-state index in [9.17, 15) is 13.9 Å². The molecule has 1 atom stereocenters. The van der Waals surface area contributed by atoms with E-state index < -0.39 is 6.29 Å². The van der Waals surface area contributed by atoms with Crippen LogP contribution in [0.25, 0.3) is 0 Å². The molecule has 106 valence electrons. The monoisotopic (exact) mass is 273 g/mol. The molecule has 0 radical (unpaired) electrons. The van der Waals surface area contributed by atoms with Crippen molar-refractivity contribution in [2.45, 2.75) is 26.6 Å². The Labute approximate surface area is 110 Å². The lowest BCUT2D eigenvalue weighted by molar-refractivity contribution is -0.286. The van der Waals surface area contributed by atoms with Gasteiger partial charge in [0.1, 0.15) is 0 Å². The third-order valence-electron chi connectivity index (χ3n) is 3.36. The van der Waals surface area contributed by atoms with Crippen molar-refractivity contribution in [2.24, 2.45) is 5.41 Å². The van der Waals surface area contributed by atoms with Gasteiger partial charge < -0.3 is 19.9 Å². The summed E-state index contributed by atoms with van der Waals surface area (Å²) in [5, 5.41) is 12.4. The quantitative estimate of drug-likeness (QED) is 0.866.